The van der Waals surface area contributed by atoms with Gasteiger partial charge in [0.05, 0.1) is 18.7 Å². The van der Waals surface area contributed by atoms with E-state index in [1.165, 1.54) is 16.2 Å². The zero-order valence-corrected chi connectivity index (χ0v) is 19.3. The van der Waals surface area contributed by atoms with Gasteiger partial charge in [0.1, 0.15) is 5.00 Å². The van der Waals surface area contributed by atoms with E-state index in [1.807, 2.05) is 18.7 Å². The van der Waals surface area contributed by atoms with Crippen molar-refractivity contribution in [2.45, 2.75) is 47.0 Å². The van der Waals surface area contributed by atoms with E-state index < -0.39 is 0 Å². The first kappa shape index (κ1) is 22.7. The predicted molar refractivity (Wildman–Crippen MR) is 118 cm³/mol. The van der Waals surface area contributed by atoms with Gasteiger partial charge in [0.15, 0.2) is 0 Å². The fourth-order valence-corrected chi connectivity index (χ4v) is 5.53. The lowest BCUT2D eigenvalue weighted by Crippen LogP contribution is -2.51. The maximum atomic E-state index is 12.7. The first-order valence-electron chi connectivity index (χ1n) is 10.9. The van der Waals surface area contributed by atoms with Crippen LogP contribution in [0.15, 0.2) is 0 Å². The van der Waals surface area contributed by atoms with Gasteiger partial charge < -0.3 is 15.0 Å². The summed E-state index contributed by atoms with van der Waals surface area (Å²) < 4.78 is 5.27. The van der Waals surface area contributed by atoms with Crippen LogP contribution in [0.25, 0.3) is 0 Å². The molecule has 1 N–H and O–H groups in total. The standard InChI is InChI=1S/C22H33N3O4S/c1-5-29-22(28)19-16-7-6-15(4)12-17(16)30-20(19)23-18(26)13-24-8-10-25(11-9-24)21(27)14(2)3/h14-15H,5-13H2,1-4H3,(H,23,26). The van der Waals surface area contributed by atoms with Crippen LogP contribution in [0.5, 0.6) is 0 Å². The van der Waals surface area contributed by atoms with Crippen molar-refractivity contribution in [3.63, 3.8) is 0 Å². The van der Waals surface area contributed by atoms with E-state index in [1.54, 1.807) is 6.92 Å². The van der Waals surface area contributed by atoms with Gasteiger partial charge in [-0.15, -0.1) is 11.3 Å². The number of carbonyl (C=O) groups is 3. The van der Waals surface area contributed by atoms with Crippen molar-refractivity contribution in [3.05, 3.63) is 16.0 Å². The van der Waals surface area contributed by atoms with Crippen LogP contribution in [0.1, 0.15) is 54.9 Å². The number of amides is 2. The van der Waals surface area contributed by atoms with Crippen molar-refractivity contribution in [1.82, 2.24) is 9.80 Å². The van der Waals surface area contributed by atoms with Crippen LogP contribution in [0.2, 0.25) is 0 Å². The molecule has 0 bridgehead atoms. The summed E-state index contributed by atoms with van der Waals surface area (Å²) in [5, 5.41) is 3.59. The first-order chi connectivity index (χ1) is 14.3. The molecule has 1 aliphatic heterocycles. The summed E-state index contributed by atoms with van der Waals surface area (Å²) in [7, 11) is 0. The van der Waals surface area contributed by atoms with Crippen molar-refractivity contribution >= 4 is 34.1 Å². The summed E-state index contributed by atoms with van der Waals surface area (Å²) in [6.07, 6.45) is 2.83. The molecular weight excluding hydrogens is 402 g/mol. The van der Waals surface area contributed by atoms with E-state index in [0.717, 1.165) is 24.8 Å². The van der Waals surface area contributed by atoms with Crippen molar-refractivity contribution in [2.75, 3.05) is 44.6 Å². The molecule has 0 saturated carbocycles. The number of rotatable bonds is 6. The van der Waals surface area contributed by atoms with Crippen molar-refractivity contribution < 1.29 is 19.1 Å². The Bertz CT molecular complexity index is 797. The zero-order valence-electron chi connectivity index (χ0n) is 18.5. The van der Waals surface area contributed by atoms with Gasteiger partial charge in [0.2, 0.25) is 11.8 Å². The van der Waals surface area contributed by atoms with Crippen LogP contribution in [-0.4, -0.2) is 66.9 Å². The number of ether oxygens (including phenoxy) is 1. The van der Waals surface area contributed by atoms with Crippen LogP contribution in [0, 0.1) is 11.8 Å². The van der Waals surface area contributed by atoms with Gasteiger partial charge in [-0.25, -0.2) is 4.79 Å². The van der Waals surface area contributed by atoms with Crippen LogP contribution >= 0.6 is 11.3 Å². The summed E-state index contributed by atoms with van der Waals surface area (Å²) in [6.45, 7) is 11.0. The lowest BCUT2D eigenvalue weighted by atomic mass is 9.88. The normalized spacial score (nSPS) is 19.5. The molecule has 8 heteroatoms. The summed E-state index contributed by atoms with van der Waals surface area (Å²) >= 11 is 1.51. The Morgan fingerprint density at radius 3 is 2.53 bits per heavy atom. The Morgan fingerprint density at radius 2 is 1.90 bits per heavy atom. The monoisotopic (exact) mass is 435 g/mol. The van der Waals surface area contributed by atoms with Gasteiger partial charge in [0, 0.05) is 37.0 Å². The number of piperazine rings is 1. The average molecular weight is 436 g/mol. The maximum absolute atomic E-state index is 12.7. The van der Waals surface area contributed by atoms with Crippen molar-refractivity contribution in [3.8, 4) is 0 Å². The minimum atomic E-state index is -0.347. The topological polar surface area (TPSA) is 79.0 Å². The van der Waals surface area contributed by atoms with Gasteiger partial charge >= 0.3 is 5.97 Å². The fourth-order valence-electron chi connectivity index (χ4n) is 4.12. The van der Waals surface area contributed by atoms with E-state index >= 15 is 0 Å². The number of esters is 1. The van der Waals surface area contributed by atoms with Crippen molar-refractivity contribution in [1.29, 1.82) is 0 Å². The molecule has 1 unspecified atom stereocenters. The number of fused-ring (bicyclic) bond motifs is 1. The molecule has 3 rings (SSSR count). The quantitative estimate of drug-likeness (QED) is 0.695. The molecule has 30 heavy (non-hydrogen) atoms. The Hall–Kier alpha value is -1.93. The number of hydrogen-bond acceptors (Lipinski definition) is 6. The Labute approximate surface area is 182 Å². The summed E-state index contributed by atoms with van der Waals surface area (Å²) in [5.74, 6) is 0.265. The van der Waals surface area contributed by atoms with E-state index in [-0.39, 0.29) is 30.2 Å². The summed E-state index contributed by atoms with van der Waals surface area (Å²) in [5.41, 5.74) is 1.59. The van der Waals surface area contributed by atoms with Crippen LogP contribution in [0.4, 0.5) is 5.00 Å². The highest BCUT2D eigenvalue weighted by atomic mass is 32.1. The highest BCUT2D eigenvalue weighted by Crippen LogP contribution is 2.40. The predicted octanol–water partition coefficient (Wildman–Crippen LogP) is 2.79. The first-order valence-corrected chi connectivity index (χ1v) is 11.7. The third-order valence-corrected chi connectivity index (χ3v) is 6.96. The smallest absolute Gasteiger partial charge is 0.341 e. The van der Waals surface area contributed by atoms with Gasteiger partial charge in [-0.1, -0.05) is 20.8 Å². The molecule has 1 fully saturated rings. The molecule has 7 nitrogen and oxygen atoms in total. The molecule has 1 aromatic heterocycles. The largest absolute Gasteiger partial charge is 0.462 e. The lowest BCUT2D eigenvalue weighted by molar-refractivity contribution is -0.136. The SMILES string of the molecule is CCOC(=O)c1c(NC(=O)CN2CCN(C(=O)C(C)C)CC2)sc2c1CCC(C)C2. The minimum absolute atomic E-state index is 0.00581. The second kappa shape index (κ2) is 9.92. The van der Waals surface area contributed by atoms with Gasteiger partial charge in [-0.3, -0.25) is 14.5 Å². The number of nitrogens with zero attached hydrogens (tertiary/aromatic N) is 2. The Morgan fingerprint density at radius 1 is 1.20 bits per heavy atom. The highest BCUT2D eigenvalue weighted by Gasteiger charge is 2.30. The fraction of sp³-hybridized carbons (Fsp3) is 0.682. The van der Waals surface area contributed by atoms with E-state index in [0.29, 0.717) is 49.3 Å². The number of thiophene rings is 1. The van der Waals surface area contributed by atoms with E-state index in [2.05, 4.69) is 17.1 Å². The molecule has 1 aromatic rings. The van der Waals surface area contributed by atoms with Crippen molar-refractivity contribution in [2.24, 2.45) is 11.8 Å². The second-order valence-electron chi connectivity index (χ2n) is 8.58. The third-order valence-electron chi connectivity index (χ3n) is 5.79. The van der Waals surface area contributed by atoms with E-state index in [4.69, 9.17) is 4.74 Å². The molecule has 2 aliphatic rings. The molecule has 0 radical (unpaired) electrons. The second-order valence-corrected chi connectivity index (χ2v) is 9.69. The molecule has 1 atom stereocenters. The highest BCUT2D eigenvalue weighted by molar-refractivity contribution is 7.17. The summed E-state index contributed by atoms with van der Waals surface area (Å²) in [6, 6.07) is 0. The minimum Gasteiger partial charge on any atom is -0.462 e. The van der Waals surface area contributed by atoms with Crippen LogP contribution in [-0.2, 0) is 27.2 Å². The van der Waals surface area contributed by atoms with Crippen LogP contribution < -0.4 is 5.32 Å². The summed E-state index contributed by atoms with van der Waals surface area (Å²) in [4.78, 5) is 42.6. The Kier molecular flexibility index (Phi) is 7.52. The van der Waals surface area contributed by atoms with E-state index in [9.17, 15) is 14.4 Å². The van der Waals surface area contributed by atoms with Gasteiger partial charge in [-0.05, 0) is 37.7 Å². The number of nitrogens with one attached hydrogen (secondary N) is 1. The number of carbonyl (C=O) groups excluding carboxylic acids is 3. The molecule has 2 amide bonds. The molecular formula is C22H33N3O4S. The lowest BCUT2D eigenvalue weighted by Gasteiger charge is -2.35. The molecule has 0 aromatic carbocycles. The molecule has 2 heterocycles. The van der Waals surface area contributed by atoms with Crippen LogP contribution in [0.3, 0.4) is 0 Å². The molecule has 1 saturated heterocycles. The van der Waals surface area contributed by atoms with Gasteiger partial charge in [-0.2, -0.15) is 0 Å². The number of hydrogen-bond donors (Lipinski definition) is 1. The Balaban J connectivity index is 1.64. The third kappa shape index (κ3) is 5.21. The molecule has 1 aliphatic carbocycles. The zero-order chi connectivity index (χ0) is 21.8. The van der Waals surface area contributed by atoms with Gasteiger partial charge in [0.25, 0.3) is 0 Å². The molecule has 166 valence electrons. The molecule has 0 spiro atoms. The maximum Gasteiger partial charge on any atom is 0.341 e. The average Bonchev–Trinajstić information content (AvgIpc) is 3.04. The number of anilines is 1.